The van der Waals surface area contributed by atoms with Gasteiger partial charge in [0.25, 0.3) is 0 Å². The van der Waals surface area contributed by atoms with Gasteiger partial charge in [-0.05, 0) is 47.6 Å². The molecule has 138 valence electrons. The summed E-state index contributed by atoms with van der Waals surface area (Å²) in [6.07, 6.45) is 3.88. The van der Waals surface area contributed by atoms with Crippen molar-refractivity contribution in [3.05, 3.63) is 72.3 Å². The predicted octanol–water partition coefficient (Wildman–Crippen LogP) is 5.34. The third-order valence-electron chi connectivity index (χ3n) is 4.08. The summed E-state index contributed by atoms with van der Waals surface area (Å²) in [7, 11) is 0. The number of fused-ring (bicyclic) bond motifs is 1. The number of nitrogens with zero attached hydrogens (tertiary/aromatic N) is 1. The van der Waals surface area contributed by atoms with Gasteiger partial charge in [0.1, 0.15) is 5.75 Å². The summed E-state index contributed by atoms with van der Waals surface area (Å²) in [6.45, 7) is 2.84. The number of anilines is 1. The average Bonchev–Trinajstić information content (AvgIpc) is 2.70. The van der Waals surface area contributed by atoms with Crippen molar-refractivity contribution in [2.75, 3.05) is 11.9 Å². The van der Waals surface area contributed by atoms with Gasteiger partial charge in [-0.25, -0.2) is 0 Å². The number of hydrazone groups is 1. The van der Waals surface area contributed by atoms with Crippen LogP contribution in [-0.2, 0) is 0 Å². The molecule has 0 amide bonds. The van der Waals surface area contributed by atoms with E-state index in [4.69, 9.17) is 17.0 Å². The second kappa shape index (κ2) is 9.69. The fraction of sp³-hybridized carbons (Fsp3) is 0.182. The minimum Gasteiger partial charge on any atom is -0.493 e. The highest BCUT2D eigenvalue weighted by Crippen LogP contribution is 2.26. The molecule has 0 unspecified atom stereocenters. The van der Waals surface area contributed by atoms with Crippen LogP contribution in [0.1, 0.15) is 25.3 Å². The van der Waals surface area contributed by atoms with E-state index < -0.39 is 0 Å². The number of hydrogen-bond donors (Lipinski definition) is 2. The van der Waals surface area contributed by atoms with Gasteiger partial charge in [-0.3, -0.25) is 5.43 Å². The molecule has 0 fully saturated rings. The first kappa shape index (κ1) is 18.9. The quantitative estimate of drug-likeness (QED) is 0.252. The van der Waals surface area contributed by atoms with Gasteiger partial charge >= 0.3 is 0 Å². The summed E-state index contributed by atoms with van der Waals surface area (Å²) in [5, 5.41) is 10.1. The lowest BCUT2D eigenvalue weighted by molar-refractivity contribution is 0.309. The van der Waals surface area contributed by atoms with E-state index in [0.29, 0.717) is 11.7 Å². The van der Waals surface area contributed by atoms with E-state index in [1.165, 1.54) is 0 Å². The van der Waals surface area contributed by atoms with Gasteiger partial charge in [-0.2, -0.15) is 5.10 Å². The van der Waals surface area contributed by atoms with Crippen LogP contribution in [0.2, 0.25) is 0 Å². The molecule has 0 bridgehead atoms. The number of thiocarbonyl (C=S) groups is 1. The lowest BCUT2D eigenvalue weighted by Crippen LogP contribution is -2.23. The predicted molar refractivity (Wildman–Crippen MR) is 118 cm³/mol. The van der Waals surface area contributed by atoms with Gasteiger partial charge in [-0.15, -0.1) is 0 Å². The van der Waals surface area contributed by atoms with E-state index in [0.717, 1.165) is 40.6 Å². The Bertz CT molecular complexity index is 925. The number of ether oxygens (including phenoxy) is 1. The molecule has 0 saturated carbocycles. The van der Waals surface area contributed by atoms with Crippen LogP contribution in [0.5, 0.6) is 5.75 Å². The third kappa shape index (κ3) is 5.28. The van der Waals surface area contributed by atoms with Crippen molar-refractivity contribution < 1.29 is 4.74 Å². The Hall–Kier alpha value is -2.92. The van der Waals surface area contributed by atoms with Crippen molar-refractivity contribution in [2.45, 2.75) is 19.8 Å². The van der Waals surface area contributed by atoms with Gasteiger partial charge in [0.2, 0.25) is 0 Å². The molecule has 2 N–H and O–H groups in total. The van der Waals surface area contributed by atoms with Crippen LogP contribution < -0.4 is 15.5 Å². The number of para-hydroxylation sites is 1. The van der Waals surface area contributed by atoms with Crippen molar-refractivity contribution in [1.29, 1.82) is 0 Å². The van der Waals surface area contributed by atoms with Crippen LogP contribution in [0.3, 0.4) is 0 Å². The molecule has 0 saturated heterocycles. The Morgan fingerprint density at radius 1 is 1.04 bits per heavy atom. The van der Waals surface area contributed by atoms with Crippen LogP contribution in [0.25, 0.3) is 10.8 Å². The lowest BCUT2D eigenvalue weighted by atomic mass is 10.0. The fourth-order valence-corrected chi connectivity index (χ4v) is 2.87. The second-order valence-corrected chi connectivity index (χ2v) is 6.50. The van der Waals surface area contributed by atoms with E-state index in [-0.39, 0.29) is 0 Å². The van der Waals surface area contributed by atoms with Gasteiger partial charge < -0.3 is 10.1 Å². The molecule has 0 aliphatic heterocycles. The SMILES string of the molecule is CCCCOc1ccc2ccccc2c1/C=N/NC(=S)Nc1ccccc1. The molecule has 0 atom stereocenters. The van der Waals surface area contributed by atoms with Crippen molar-refractivity contribution in [2.24, 2.45) is 5.10 Å². The third-order valence-corrected chi connectivity index (χ3v) is 4.27. The summed E-state index contributed by atoms with van der Waals surface area (Å²) >= 11 is 5.30. The fourth-order valence-electron chi connectivity index (χ4n) is 2.70. The number of rotatable bonds is 7. The zero-order valence-corrected chi connectivity index (χ0v) is 16.1. The molecule has 4 nitrogen and oxygen atoms in total. The summed E-state index contributed by atoms with van der Waals surface area (Å²) in [6, 6.07) is 22.0. The van der Waals surface area contributed by atoms with Crippen molar-refractivity contribution in [1.82, 2.24) is 5.43 Å². The maximum Gasteiger partial charge on any atom is 0.191 e. The lowest BCUT2D eigenvalue weighted by Gasteiger charge is -2.12. The topological polar surface area (TPSA) is 45.6 Å². The first-order valence-corrected chi connectivity index (χ1v) is 9.48. The molecule has 5 heteroatoms. The van der Waals surface area contributed by atoms with Crippen molar-refractivity contribution >= 4 is 40.0 Å². The highest BCUT2D eigenvalue weighted by atomic mass is 32.1. The minimum atomic E-state index is 0.436. The second-order valence-electron chi connectivity index (χ2n) is 6.09. The van der Waals surface area contributed by atoms with E-state index in [1.807, 2.05) is 48.5 Å². The molecule has 0 heterocycles. The van der Waals surface area contributed by atoms with E-state index in [2.05, 4.69) is 41.0 Å². The highest BCUT2D eigenvalue weighted by Gasteiger charge is 2.07. The summed E-state index contributed by atoms with van der Waals surface area (Å²) in [4.78, 5) is 0. The normalized spacial score (nSPS) is 10.9. The first-order valence-electron chi connectivity index (χ1n) is 9.07. The van der Waals surface area contributed by atoms with E-state index in [9.17, 15) is 0 Å². The molecule has 0 radical (unpaired) electrons. The van der Waals surface area contributed by atoms with E-state index >= 15 is 0 Å². The van der Waals surface area contributed by atoms with Crippen LogP contribution in [0.4, 0.5) is 5.69 Å². The number of hydrogen-bond acceptors (Lipinski definition) is 3. The van der Waals surface area contributed by atoms with Gasteiger partial charge in [0.15, 0.2) is 5.11 Å². The largest absolute Gasteiger partial charge is 0.493 e. The Morgan fingerprint density at radius 2 is 1.81 bits per heavy atom. The van der Waals surface area contributed by atoms with Crippen LogP contribution in [-0.4, -0.2) is 17.9 Å². The molecule has 0 aromatic heterocycles. The highest BCUT2D eigenvalue weighted by molar-refractivity contribution is 7.80. The smallest absolute Gasteiger partial charge is 0.191 e. The van der Waals surface area contributed by atoms with Gasteiger partial charge in [0, 0.05) is 11.3 Å². The van der Waals surface area contributed by atoms with Crippen molar-refractivity contribution in [3.63, 3.8) is 0 Å². The maximum absolute atomic E-state index is 5.97. The maximum atomic E-state index is 5.97. The standard InChI is InChI=1S/C22H23N3OS/c1-2-3-15-26-21-14-13-17-9-7-8-12-19(17)20(21)16-23-25-22(27)24-18-10-5-4-6-11-18/h4-14,16H,2-3,15H2,1H3,(H2,24,25,27)/b23-16+. The first-order chi connectivity index (χ1) is 13.3. The molecular weight excluding hydrogens is 354 g/mol. The number of nitrogens with one attached hydrogen (secondary N) is 2. The molecule has 3 rings (SSSR count). The van der Waals surface area contributed by atoms with Gasteiger partial charge in [0.05, 0.1) is 12.8 Å². The molecule has 3 aromatic rings. The Kier molecular flexibility index (Phi) is 6.77. The van der Waals surface area contributed by atoms with Gasteiger partial charge in [-0.1, -0.05) is 61.9 Å². The molecule has 3 aromatic carbocycles. The molecule has 0 spiro atoms. The van der Waals surface area contributed by atoms with Crippen LogP contribution >= 0.6 is 12.2 Å². The molecule has 0 aliphatic rings. The molecule has 27 heavy (non-hydrogen) atoms. The molecular formula is C22H23N3OS. The Labute approximate surface area is 165 Å². The zero-order chi connectivity index (χ0) is 18.9. The summed E-state index contributed by atoms with van der Waals surface area (Å²) < 4.78 is 5.97. The number of unbranched alkanes of at least 4 members (excludes halogenated alkanes) is 1. The minimum absolute atomic E-state index is 0.436. The Balaban J connectivity index is 1.76. The monoisotopic (exact) mass is 377 g/mol. The summed E-state index contributed by atoms with van der Waals surface area (Å²) in [5.41, 5.74) is 4.73. The van der Waals surface area contributed by atoms with Crippen LogP contribution in [0.15, 0.2) is 71.8 Å². The van der Waals surface area contributed by atoms with E-state index in [1.54, 1.807) is 6.21 Å². The summed E-state index contributed by atoms with van der Waals surface area (Å²) in [5.74, 6) is 0.828. The Morgan fingerprint density at radius 3 is 2.63 bits per heavy atom. The van der Waals surface area contributed by atoms with Crippen molar-refractivity contribution in [3.8, 4) is 5.75 Å². The zero-order valence-electron chi connectivity index (χ0n) is 15.3. The van der Waals surface area contributed by atoms with Crippen LogP contribution in [0, 0.1) is 0 Å². The number of benzene rings is 3. The average molecular weight is 378 g/mol. The molecule has 0 aliphatic carbocycles.